The molecule has 0 aromatic heterocycles. The van der Waals surface area contributed by atoms with Crippen molar-refractivity contribution >= 4 is 32.9 Å². The Kier molecular flexibility index (Phi) is 4.62. The minimum Gasteiger partial charge on any atom is -0.496 e. The van der Waals surface area contributed by atoms with Crippen LogP contribution in [-0.2, 0) is 6.42 Å². The highest BCUT2D eigenvalue weighted by molar-refractivity contribution is 9.10. The molecule has 15 heavy (non-hydrogen) atoms. The molecule has 0 fully saturated rings. The van der Waals surface area contributed by atoms with Crippen LogP contribution in [0.2, 0.25) is 0 Å². The molecule has 0 bridgehead atoms. The monoisotopic (exact) mass is 335 g/mol. The van der Waals surface area contributed by atoms with Crippen LogP contribution in [0, 0.1) is 0 Å². The second-order valence-corrected chi connectivity index (χ2v) is 4.37. The number of nitrogens with one attached hydrogen (secondary N) is 1. The summed E-state index contributed by atoms with van der Waals surface area (Å²) in [5, 5.41) is 3.44. The number of ether oxygens (including phenoxy) is 1. The van der Waals surface area contributed by atoms with E-state index >= 15 is 0 Å². The summed E-state index contributed by atoms with van der Waals surface area (Å²) >= 11 is 3.60. The summed E-state index contributed by atoms with van der Waals surface area (Å²) in [6, 6.07) is 4.61. The van der Waals surface area contributed by atoms with Crippen molar-refractivity contribution in [2.24, 2.45) is 0 Å². The Morgan fingerprint density at radius 2 is 2.20 bits per heavy atom. The first kappa shape index (κ1) is 13.0. The van der Waals surface area contributed by atoms with E-state index in [2.05, 4.69) is 34.2 Å². The van der Waals surface area contributed by atoms with Crippen molar-refractivity contribution in [1.29, 1.82) is 0 Å². The van der Waals surface area contributed by atoms with Crippen LogP contribution < -0.4 is 10.1 Å². The number of fused-ring (bicyclic) bond motifs is 1. The third kappa shape index (κ3) is 2.37. The van der Waals surface area contributed by atoms with Crippen LogP contribution in [0.15, 0.2) is 16.6 Å². The summed E-state index contributed by atoms with van der Waals surface area (Å²) < 4.78 is 6.40. The van der Waals surface area contributed by atoms with Crippen LogP contribution in [0.5, 0.6) is 5.75 Å². The van der Waals surface area contributed by atoms with Gasteiger partial charge in [-0.05, 0) is 53.0 Å². The van der Waals surface area contributed by atoms with E-state index in [9.17, 15) is 0 Å². The largest absolute Gasteiger partial charge is 0.496 e. The van der Waals surface area contributed by atoms with Crippen LogP contribution in [0.25, 0.3) is 0 Å². The highest BCUT2D eigenvalue weighted by Crippen LogP contribution is 2.35. The maximum Gasteiger partial charge on any atom is 0.133 e. The van der Waals surface area contributed by atoms with Gasteiger partial charge >= 0.3 is 0 Å². The summed E-state index contributed by atoms with van der Waals surface area (Å²) in [5.41, 5.74) is 2.76. The lowest BCUT2D eigenvalue weighted by Crippen LogP contribution is -2.28. The van der Waals surface area contributed by atoms with Crippen molar-refractivity contribution in [1.82, 2.24) is 5.32 Å². The summed E-state index contributed by atoms with van der Waals surface area (Å²) in [4.78, 5) is 0. The number of rotatable bonds is 1. The average molecular weight is 337 g/mol. The Morgan fingerprint density at radius 1 is 1.47 bits per heavy atom. The van der Waals surface area contributed by atoms with E-state index in [1.165, 1.54) is 11.1 Å². The molecule has 1 aliphatic heterocycles. The number of benzene rings is 1. The molecule has 1 aromatic carbocycles. The van der Waals surface area contributed by atoms with Gasteiger partial charge in [-0.1, -0.05) is 6.07 Å². The molecule has 0 aliphatic carbocycles. The fraction of sp³-hybridized carbons (Fsp3) is 0.455. The van der Waals surface area contributed by atoms with Crippen LogP contribution in [0.3, 0.4) is 0 Å². The van der Waals surface area contributed by atoms with Gasteiger partial charge in [0.25, 0.3) is 0 Å². The first-order valence-electron chi connectivity index (χ1n) is 4.82. The lowest BCUT2D eigenvalue weighted by Gasteiger charge is -2.25. The summed E-state index contributed by atoms with van der Waals surface area (Å²) in [6.45, 7) is 3.23. The lowest BCUT2D eigenvalue weighted by molar-refractivity contribution is 0.409. The van der Waals surface area contributed by atoms with Gasteiger partial charge in [-0.2, -0.15) is 0 Å². The van der Waals surface area contributed by atoms with E-state index in [0.29, 0.717) is 6.04 Å². The Balaban J connectivity index is 0.00000112. The van der Waals surface area contributed by atoms with Crippen molar-refractivity contribution in [3.63, 3.8) is 0 Å². The third-order valence-electron chi connectivity index (χ3n) is 2.76. The van der Waals surface area contributed by atoms with Gasteiger partial charge in [0.15, 0.2) is 0 Å². The molecular weight excluding hydrogens is 322 g/mol. The average Bonchev–Trinajstić information content (AvgIpc) is 2.20. The molecular formula is C11H15Br2NO. The van der Waals surface area contributed by atoms with Crippen molar-refractivity contribution in [2.75, 3.05) is 13.7 Å². The lowest BCUT2D eigenvalue weighted by atomic mass is 9.95. The zero-order valence-corrected chi connectivity index (χ0v) is 12.1. The Labute approximate surface area is 109 Å². The van der Waals surface area contributed by atoms with Gasteiger partial charge in [-0.15, -0.1) is 17.0 Å². The van der Waals surface area contributed by atoms with Crippen molar-refractivity contribution < 1.29 is 4.74 Å². The van der Waals surface area contributed by atoms with E-state index < -0.39 is 0 Å². The third-order valence-corrected chi connectivity index (χ3v) is 3.63. The van der Waals surface area contributed by atoms with Gasteiger partial charge < -0.3 is 10.1 Å². The second-order valence-electron chi connectivity index (χ2n) is 3.58. The smallest absolute Gasteiger partial charge is 0.133 e. The minimum absolute atomic E-state index is 0. The van der Waals surface area contributed by atoms with E-state index in [1.807, 2.05) is 6.07 Å². The highest BCUT2D eigenvalue weighted by atomic mass is 79.9. The van der Waals surface area contributed by atoms with E-state index in [-0.39, 0.29) is 17.0 Å². The van der Waals surface area contributed by atoms with Crippen LogP contribution >= 0.6 is 32.9 Å². The van der Waals surface area contributed by atoms with Crippen molar-refractivity contribution in [3.05, 3.63) is 27.7 Å². The molecule has 0 amide bonds. The molecule has 0 saturated carbocycles. The molecule has 1 aliphatic rings. The zero-order chi connectivity index (χ0) is 10.1. The zero-order valence-electron chi connectivity index (χ0n) is 8.84. The molecule has 1 heterocycles. The van der Waals surface area contributed by atoms with Crippen molar-refractivity contribution in [2.45, 2.75) is 19.4 Å². The predicted molar refractivity (Wildman–Crippen MR) is 71.1 cm³/mol. The molecule has 1 N–H and O–H groups in total. The van der Waals surface area contributed by atoms with Crippen LogP contribution in [0.1, 0.15) is 24.1 Å². The van der Waals surface area contributed by atoms with Gasteiger partial charge in [0.1, 0.15) is 5.75 Å². The van der Waals surface area contributed by atoms with Gasteiger partial charge in [-0.3, -0.25) is 0 Å². The predicted octanol–water partition coefficient (Wildman–Crippen LogP) is 3.24. The molecule has 2 nitrogen and oxygen atoms in total. The summed E-state index contributed by atoms with van der Waals surface area (Å²) in [6.07, 6.45) is 1.07. The minimum atomic E-state index is 0. The van der Waals surface area contributed by atoms with Crippen LogP contribution in [-0.4, -0.2) is 13.7 Å². The molecule has 0 spiro atoms. The van der Waals surface area contributed by atoms with Crippen LogP contribution in [0.4, 0.5) is 0 Å². The molecule has 0 unspecified atom stereocenters. The molecule has 84 valence electrons. The number of halogens is 2. The van der Waals surface area contributed by atoms with Gasteiger partial charge in [-0.25, -0.2) is 0 Å². The van der Waals surface area contributed by atoms with Gasteiger partial charge in [0.05, 0.1) is 11.6 Å². The molecule has 2 rings (SSSR count). The highest BCUT2D eigenvalue weighted by Gasteiger charge is 2.19. The van der Waals surface area contributed by atoms with E-state index in [1.54, 1.807) is 7.11 Å². The number of hydrogen-bond acceptors (Lipinski definition) is 2. The van der Waals surface area contributed by atoms with Gasteiger partial charge in [0.2, 0.25) is 0 Å². The Bertz CT molecular complexity index is 355. The van der Waals surface area contributed by atoms with Gasteiger partial charge in [0, 0.05) is 6.04 Å². The maximum absolute atomic E-state index is 5.28. The standard InChI is InChI=1S/C11H14BrNO.BrH/c1-7-8-3-4-10(14-2)11(12)9(8)5-6-13-7;/h3-4,7,13H,5-6H2,1-2H3;1H/t7-;/m1./s1. The molecule has 0 radical (unpaired) electrons. The van der Waals surface area contributed by atoms with Crippen molar-refractivity contribution in [3.8, 4) is 5.75 Å². The Morgan fingerprint density at radius 3 is 2.87 bits per heavy atom. The van der Waals surface area contributed by atoms with E-state index in [0.717, 1.165) is 23.2 Å². The molecule has 1 aromatic rings. The Hall–Kier alpha value is -0.0600. The first-order chi connectivity index (χ1) is 6.74. The topological polar surface area (TPSA) is 21.3 Å². The summed E-state index contributed by atoms with van der Waals surface area (Å²) in [5.74, 6) is 0.929. The normalized spacial score (nSPS) is 19.0. The molecule has 1 atom stereocenters. The second kappa shape index (κ2) is 5.32. The molecule has 0 saturated heterocycles. The SMILES string of the molecule is Br.COc1ccc2c(c1Br)CCN[C@@H]2C. The maximum atomic E-state index is 5.28. The van der Waals surface area contributed by atoms with E-state index in [4.69, 9.17) is 4.74 Å². The number of hydrogen-bond donors (Lipinski definition) is 1. The first-order valence-corrected chi connectivity index (χ1v) is 5.62. The molecule has 4 heteroatoms. The summed E-state index contributed by atoms with van der Waals surface area (Å²) in [7, 11) is 1.71. The fourth-order valence-corrected chi connectivity index (χ4v) is 2.68. The quantitative estimate of drug-likeness (QED) is 0.850. The fourth-order valence-electron chi connectivity index (χ4n) is 1.96. The number of methoxy groups -OCH3 is 1.